The van der Waals surface area contributed by atoms with Crippen LogP contribution in [0.3, 0.4) is 0 Å². The van der Waals surface area contributed by atoms with Crippen LogP contribution in [-0.4, -0.2) is 37.1 Å². The standard InChI is InChI=1S/C12H26N2/c1-5-13-8-12(4)14-7-6-10(2)11(3)9-14/h10-13H,5-9H2,1-4H3. The summed E-state index contributed by atoms with van der Waals surface area (Å²) in [5.41, 5.74) is 0. The zero-order chi connectivity index (χ0) is 10.6. The highest BCUT2D eigenvalue weighted by Crippen LogP contribution is 2.23. The lowest BCUT2D eigenvalue weighted by Crippen LogP contribution is -2.47. The monoisotopic (exact) mass is 198 g/mol. The number of rotatable bonds is 4. The van der Waals surface area contributed by atoms with Crippen molar-refractivity contribution in [1.29, 1.82) is 0 Å². The van der Waals surface area contributed by atoms with E-state index in [-0.39, 0.29) is 0 Å². The molecule has 0 spiro atoms. The molecule has 14 heavy (non-hydrogen) atoms. The summed E-state index contributed by atoms with van der Waals surface area (Å²) in [4.78, 5) is 2.63. The second-order valence-corrected chi connectivity index (χ2v) is 4.89. The number of likely N-dealkylation sites (tertiary alicyclic amines) is 1. The van der Waals surface area contributed by atoms with Crippen molar-refractivity contribution in [1.82, 2.24) is 10.2 Å². The van der Waals surface area contributed by atoms with Crippen molar-refractivity contribution >= 4 is 0 Å². The van der Waals surface area contributed by atoms with Crippen LogP contribution in [-0.2, 0) is 0 Å². The zero-order valence-corrected chi connectivity index (χ0v) is 10.2. The van der Waals surface area contributed by atoms with Crippen molar-refractivity contribution in [3.8, 4) is 0 Å². The molecule has 1 fully saturated rings. The summed E-state index contributed by atoms with van der Waals surface area (Å²) in [6.45, 7) is 14.1. The third kappa shape index (κ3) is 3.25. The van der Waals surface area contributed by atoms with Crippen molar-refractivity contribution in [3.05, 3.63) is 0 Å². The summed E-state index contributed by atoms with van der Waals surface area (Å²) in [6, 6.07) is 0.699. The van der Waals surface area contributed by atoms with Crippen LogP contribution in [0.4, 0.5) is 0 Å². The molecule has 0 bridgehead atoms. The maximum Gasteiger partial charge on any atom is 0.0192 e. The molecular weight excluding hydrogens is 172 g/mol. The van der Waals surface area contributed by atoms with Gasteiger partial charge in [0.05, 0.1) is 0 Å². The van der Waals surface area contributed by atoms with Crippen LogP contribution in [0.2, 0.25) is 0 Å². The molecule has 0 amide bonds. The van der Waals surface area contributed by atoms with E-state index in [0.29, 0.717) is 6.04 Å². The number of likely N-dealkylation sites (N-methyl/N-ethyl adjacent to an activating group) is 1. The van der Waals surface area contributed by atoms with E-state index in [1.54, 1.807) is 0 Å². The van der Waals surface area contributed by atoms with Crippen LogP contribution in [0.5, 0.6) is 0 Å². The molecule has 0 aliphatic carbocycles. The Morgan fingerprint density at radius 3 is 2.64 bits per heavy atom. The van der Waals surface area contributed by atoms with Crippen LogP contribution in [0.25, 0.3) is 0 Å². The van der Waals surface area contributed by atoms with Crippen molar-refractivity contribution in [2.75, 3.05) is 26.2 Å². The topological polar surface area (TPSA) is 15.3 Å². The molecule has 1 saturated heterocycles. The van der Waals surface area contributed by atoms with Crippen molar-refractivity contribution in [2.24, 2.45) is 11.8 Å². The summed E-state index contributed by atoms with van der Waals surface area (Å²) < 4.78 is 0. The molecule has 84 valence electrons. The predicted octanol–water partition coefficient (Wildman–Crippen LogP) is 1.96. The van der Waals surface area contributed by atoms with Gasteiger partial charge >= 0.3 is 0 Å². The fraction of sp³-hybridized carbons (Fsp3) is 1.00. The zero-order valence-electron chi connectivity index (χ0n) is 10.2. The fourth-order valence-electron chi connectivity index (χ4n) is 2.18. The molecule has 3 atom stereocenters. The minimum atomic E-state index is 0.699. The van der Waals surface area contributed by atoms with Crippen LogP contribution >= 0.6 is 0 Å². The highest BCUT2D eigenvalue weighted by atomic mass is 15.2. The first-order valence-electron chi connectivity index (χ1n) is 6.09. The van der Waals surface area contributed by atoms with Gasteiger partial charge in [-0.05, 0) is 38.3 Å². The van der Waals surface area contributed by atoms with Gasteiger partial charge < -0.3 is 5.32 Å². The molecule has 2 nitrogen and oxygen atoms in total. The third-order valence-electron chi connectivity index (χ3n) is 3.68. The largest absolute Gasteiger partial charge is 0.315 e. The van der Waals surface area contributed by atoms with Gasteiger partial charge in [0.1, 0.15) is 0 Å². The number of hydrogen-bond donors (Lipinski definition) is 1. The van der Waals surface area contributed by atoms with Crippen LogP contribution in [0.15, 0.2) is 0 Å². The summed E-state index contributed by atoms with van der Waals surface area (Å²) in [6.07, 6.45) is 1.37. The summed E-state index contributed by atoms with van der Waals surface area (Å²) in [7, 11) is 0. The number of piperidine rings is 1. The second kappa shape index (κ2) is 5.72. The lowest BCUT2D eigenvalue weighted by atomic mass is 9.88. The minimum absolute atomic E-state index is 0.699. The molecule has 1 aliphatic heterocycles. The lowest BCUT2D eigenvalue weighted by Gasteiger charge is -2.39. The van der Waals surface area contributed by atoms with Gasteiger partial charge in [0.15, 0.2) is 0 Å². The summed E-state index contributed by atoms with van der Waals surface area (Å²) >= 11 is 0. The van der Waals surface area contributed by atoms with Gasteiger partial charge in [0.2, 0.25) is 0 Å². The molecule has 0 aromatic carbocycles. The predicted molar refractivity (Wildman–Crippen MR) is 62.5 cm³/mol. The molecule has 0 aromatic rings. The van der Waals surface area contributed by atoms with Gasteiger partial charge in [0.25, 0.3) is 0 Å². The van der Waals surface area contributed by atoms with E-state index >= 15 is 0 Å². The first-order valence-corrected chi connectivity index (χ1v) is 6.09. The summed E-state index contributed by atoms with van der Waals surface area (Å²) in [5.74, 6) is 1.78. The smallest absolute Gasteiger partial charge is 0.0192 e. The van der Waals surface area contributed by atoms with E-state index in [2.05, 4.69) is 37.9 Å². The molecule has 0 saturated carbocycles. The minimum Gasteiger partial charge on any atom is -0.315 e. The Morgan fingerprint density at radius 2 is 2.07 bits per heavy atom. The molecule has 0 aromatic heterocycles. The van der Waals surface area contributed by atoms with Gasteiger partial charge in [-0.15, -0.1) is 0 Å². The van der Waals surface area contributed by atoms with Crippen molar-refractivity contribution in [3.63, 3.8) is 0 Å². The Labute approximate surface area is 89.1 Å². The SMILES string of the molecule is CCNCC(C)N1CCC(C)C(C)C1. The van der Waals surface area contributed by atoms with E-state index in [9.17, 15) is 0 Å². The highest BCUT2D eigenvalue weighted by Gasteiger charge is 2.25. The molecule has 1 heterocycles. The Morgan fingerprint density at radius 1 is 1.36 bits per heavy atom. The quantitative estimate of drug-likeness (QED) is 0.743. The van der Waals surface area contributed by atoms with Crippen molar-refractivity contribution < 1.29 is 0 Å². The number of nitrogens with one attached hydrogen (secondary N) is 1. The van der Waals surface area contributed by atoms with Crippen LogP contribution in [0, 0.1) is 11.8 Å². The molecule has 2 heteroatoms. The second-order valence-electron chi connectivity index (χ2n) is 4.89. The Balaban J connectivity index is 2.30. The van der Waals surface area contributed by atoms with Crippen LogP contribution < -0.4 is 5.32 Å². The molecule has 3 unspecified atom stereocenters. The van der Waals surface area contributed by atoms with Crippen molar-refractivity contribution in [2.45, 2.75) is 40.2 Å². The normalized spacial score (nSPS) is 31.7. The van der Waals surface area contributed by atoms with E-state index in [0.717, 1.165) is 24.9 Å². The first-order chi connectivity index (χ1) is 6.65. The van der Waals surface area contributed by atoms with E-state index < -0.39 is 0 Å². The Bertz CT molecular complexity index is 158. The molecule has 1 rings (SSSR count). The average Bonchev–Trinajstić information content (AvgIpc) is 2.18. The maximum atomic E-state index is 3.43. The highest BCUT2D eigenvalue weighted by molar-refractivity contribution is 4.79. The van der Waals surface area contributed by atoms with Gasteiger partial charge in [0, 0.05) is 19.1 Å². The number of hydrogen-bond acceptors (Lipinski definition) is 2. The molecular formula is C12H26N2. The van der Waals surface area contributed by atoms with E-state index in [1.165, 1.54) is 19.5 Å². The van der Waals surface area contributed by atoms with Gasteiger partial charge in [-0.25, -0.2) is 0 Å². The fourth-order valence-corrected chi connectivity index (χ4v) is 2.18. The van der Waals surface area contributed by atoms with Gasteiger partial charge in [-0.2, -0.15) is 0 Å². The third-order valence-corrected chi connectivity index (χ3v) is 3.68. The Kier molecular flexibility index (Phi) is 4.90. The molecule has 1 aliphatic rings. The van der Waals surface area contributed by atoms with Crippen LogP contribution in [0.1, 0.15) is 34.1 Å². The average molecular weight is 198 g/mol. The van der Waals surface area contributed by atoms with Gasteiger partial charge in [-0.1, -0.05) is 20.8 Å². The Hall–Kier alpha value is -0.0800. The van der Waals surface area contributed by atoms with E-state index in [4.69, 9.17) is 0 Å². The first kappa shape index (κ1) is 12.0. The van der Waals surface area contributed by atoms with Gasteiger partial charge in [-0.3, -0.25) is 4.90 Å². The van der Waals surface area contributed by atoms with E-state index in [1.807, 2.05) is 0 Å². The summed E-state index contributed by atoms with van der Waals surface area (Å²) in [5, 5.41) is 3.43. The maximum absolute atomic E-state index is 3.43. The lowest BCUT2D eigenvalue weighted by molar-refractivity contribution is 0.102. The number of nitrogens with zero attached hydrogens (tertiary/aromatic N) is 1. The molecule has 1 N–H and O–H groups in total. The molecule has 0 radical (unpaired) electrons.